The Morgan fingerprint density at radius 1 is 0.950 bits per heavy atom. The maximum Gasteiger partial charge on any atom is 0.200 e. The zero-order valence-electron chi connectivity index (χ0n) is 11.5. The number of carbonyl (C=O) groups is 1. The normalized spacial score (nSPS) is 9.95. The molecule has 0 aliphatic heterocycles. The Bertz CT molecular complexity index is 625. The average molecular weight is 273 g/mol. The number of carbonyl (C=O) groups excluding carboxylic acids is 1. The molecule has 0 aliphatic carbocycles. The lowest BCUT2D eigenvalue weighted by Crippen LogP contribution is -2.06. The summed E-state index contributed by atoms with van der Waals surface area (Å²) >= 11 is 0. The second-order valence-electron chi connectivity index (χ2n) is 3.97. The van der Waals surface area contributed by atoms with Crippen LogP contribution in [0.5, 0.6) is 17.2 Å². The van der Waals surface area contributed by atoms with Gasteiger partial charge in [-0.1, -0.05) is 0 Å². The third-order valence-corrected chi connectivity index (χ3v) is 2.90. The monoisotopic (exact) mass is 273 g/mol. The van der Waals surface area contributed by atoms with E-state index in [0.717, 1.165) is 0 Å². The molecule has 1 heterocycles. The standard InChI is InChI=1S/C15H15NO4/c1-18-10-4-5-11(13(8-10)19-2)15(17)12-6-7-16-9-14(12)20-3/h4-9H,1-3H3. The molecule has 0 saturated carbocycles. The smallest absolute Gasteiger partial charge is 0.200 e. The van der Waals surface area contributed by atoms with Gasteiger partial charge in [-0.15, -0.1) is 0 Å². The molecular weight excluding hydrogens is 258 g/mol. The molecule has 0 aliphatic rings. The van der Waals surface area contributed by atoms with Crippen molar-refractivity contribution in [3.05, 3.63) is 47.8 Å². The number of ketones is 1. The molecule has 5 nitrogen and oxygen atoms in total. The first-order chi connectivity index (χ1) is 9.71. The number of hydrogen-bond acceptors (Lipinski definition) is 5. The van der Waals surface area contributed by atoms with Gasteiger partial charge < -0.3 is 14.2 Å². The van der Waals surface area contributed by atoms with Crippen LogP contribution < -0.4 is 14.2 Å². The van der Waals surface area contributed by atoms with Crippen molar-refractivity contribution in [1.82, 2.24) is 4.98 Å². The van der Waals surface area contributed by atoms with Crippen molar-refractivity contribution in [1.29, 1.82) is 0 Å². The van der Waals surface area contributed by atoms with Crippen LogP contribution in [0.25, 0.3) is 0 Å². The van der Waals surface area contributed by atoms with Gasteiger partial charge in [-0.3, -0.25) is 9.78 Å². The maximum absolute atomic E-state index is 12.6. The van der Waals surface area contributed by atoms with Crippen LogP contribution in [0.3, 0.4) is 0 Å². The number of methoxy groups -OCH3 is 3. The molecule has 0 saturated heterocycles. The molecule has 5 heteroatoms. The summed E-state index contributed by atoms with van der Waals surface area (Å²) in [6.07, 6.45) is 3.05. The number of pyridine rings is 1. The van der Waals surface area contributed by atoms with E-state index in [1.54, 1.807) is 37.6 Å². The van der Waals surface area contributed by atoms with E-state index < -0.39 is 0 Å². The number of nitrogens with zero attached hydrogens (tertiary/aromatic N) is 1. The van der Waals surface area contributed by atoms with Crippen LogP contribution in [0, 0.1) is 0 Å². The second-order valence-corrected chi connectivity index (χ2v) is 3.97. The summed E-state index contributed by atoms with van der Waals surface area (Å²) in [7, 11) is 4.57. The number of ether oxygens (including phenoxy) is 3. The van der Waals surface area contributed by atoms with Gasteiger partial charge in [0.1, 0.15) is 17.2 Å². The van der Waals surface area contributed by atoms with Gasteiger partial charge in [0.05, 0.1) is 38.7 Å². The molecule has 0 atom stereocenters. The van der Waals surface area contributed by atoms with Crippen molar-refractivity contribution in [3.63, 3.8) is 0 Å². The van der Waals surface area contributed by atoms with Crippen molar-refractivity contribution in [2.75, 3.05) is 21.3 Å². The summed E-state index contributed by atoms with van der Waals surface area (Å²) in [6.45, 7) is 0. The number of aromatic nitrogens is 1. The largest absolute Gasteiger partial charge is 0.497 e. The third-order valence-electron chi connectivity index (χ3n) is 2.90. The SMILES string of the molecule is COc1ccc(C(=O)c2ccncc2OC)c(OC)c1. The second kappa shape index (κ2) is 6.06. The van der Waals surface area contributed by atoms with Gasteiger partial charge >= 0.3 is 0 Å². The molecule has 0 unspecified atom stereocenters. The third kappa shape index (κ3) is 2.56. The molecule has 0 spiro atoms. The predicted molar refractivity (Wildman–Crippen MR) is 73.8 cm³/mol. The van der Waals surface area contributed by atoms with Crippen LogP contribution in [0.4, 0.5) is 0 Å². The number of hydrogen-bond donors (Lipinski definition) is 0. The van der Waals surface area contributed by atoms with Crippen molar-refractivity contribution in [3.8, 4) is 17.2 Å². The van der Waals surface area contributed by atoms with E-state index in [0.29, 0.717) is 28.4 Å². The number of benzene rings is 1. The molecule has 0 radical (unpaired) electrons. The van der Waals surface area contributed by atoms with Gasteiger partial charge in [0.25, 0.3) is 0 Å². The average Bonchev–Trinajstić information content (AvgIpc) is 2.53. The first-order valence-electron chi connectivity index (χ1n) is 5.96. The Labute approximate surface area is 117 Å². The van der Waals surface area contributed by atoms with E-state index >= 15 is 0 Å². The van der Waals surface area contributed by atoms with Gasteiger partial charge in [0.15, 0.2) is 0 Å². The summed E-state index contributed by atoms with van der Waals surface area (Å²) in [5.74, 6) is 1.31. The van der Waals surface area contributed by atoms with Crippen molar-refractivity contribution < 1.29 is 19.0 Å². The van der Waals surface area contributed by atoms with Crippen LogP contribution in [0.15, 0.2) is 36.7 Å². The first kappa shape index (κ1) is 13.9. The minimum Gasteiger partial charge on any atom is -0.497 e. The maximum atomic E-state index is 12.6. The van der Waals surface area contributed by atoms with E-state index in [1.807, 2.05) is 0 Å². The molecule has 1 aromatic carbocycles. The molecule has 0 N–H and O–H groups in total. The minimum absolute atomic E-state index is 0.191. The lowest BCUT2D eigenvalue weighted by molar-refractivity contribution is 0.103. The van der Waals surface area contributed by atoms with Gasteiger partial charge in [-0.05, 0) is 18.2 Å². The highest BCUT2D eigenvalue weighted by Crippen LogP contribution is 2.29. The van der Waals surface area contributed by atoms with Crippen molar-refractivity contribution >= 4 is 5.78 Å². The fourth-order valence-corrected chi connectivity index (χ4v) is 1.86. The highest BCUT2D eigenvalue weighted by atomic mass is 16.5. The van der Waals surface area contributed by atoms with Gasteiger partial charge in [0, 0.05) is 12.3 Å². The zero-order chi connectivity index (χ0) is 14.5. The lowest BCUT2D eigenvalue weighted by atomic mass is 10.0. The first-order valence-corrected chi connectivity index (χ1v) is 5.96. The summed E-state index contributed by atoms with van der Waals surface area (Å²) in [6, 6.07) is 6.66. The molecule has 0 bridgehead atoms. The Hall–Kier alpha value is -2.56. The summed E-state index contributed by atoms with van der Waals surface area (Å²) in [5, 5.41) is 0. The topological polar surface area (TPSA) is 57.7 Å². The molecule has 104 valence electrons. The Morgan fingerprint density at radius 2 is 1.65 bits per heavy atom. The van der Waals surface area contributed by atoms with Crippen molar-refractivity contribution in [2.45, 2.75) is 0 Å². The minimum atomic E-state index is -0.191. The van der Waals surface area contributed by atoms with Gasteiger partial charge in [-0.25, -0.2) is 0 Å². The molecule has 0 fully saturated rings. The number of rotatable bonds is 5. The molecule has 0 amide bonds. The summed E-state index contributed by atoms with van der Waals surface area (Å²) in [4.78, 5) is 16.5. The Balaban J connectivity index is 2.48. The van der Waals surface area contributed by atoms with Crippen LogP contribution in [-0.2, 0) is 0 Å². The van der Waals surface area contributed by atoms with Crippen LogP contribution >= 0.6 is 0 Å². The Kier molecular flexibility index (Phi) is 4.20. The quantitative estimate of drug-likeness (QED) is 0.783. The Morgan fingerprint density at radius 3 is 2.30 bits per heavy atom. The van der Waals surface area contributed by atoms with Gasteiger partial charge in [-0.2, -0.15) is 0 Å². The molecule has 1 aromatic heterocycles. The lowest BCUT2D eigenvalue weighted by Gasteiger charge is -2.11. The van der Waals surface area contributed by atoms with Crippen molar-refractivity contribution in [2.24, 2.45) is 0 Å². The van der Waals surface area contributed by atoms with E-state index in [4.69, 9.17) is 14.2 Å². The fourth-order valence-electron chi connectivity index (χ4n) is 1.86. The van der Waals surface area contributed by atoms with Gasteiger partial charge in [0.2, 0.25) is 5.78 Å². The van der Waals surface area contributed by atoms with E-state index in [-0.39, 0.29) is 5.78 Å². The molecule has 2 aromatic rings. The highest BCUT2D eigenvalue weighted by Gasteiger charge is 2.18. The zero-order valence-corrected chi connectivity index (χ0v) is 11.5. The van der Waals surface area contributed by atoms with E-state index in [2.05, 4.69) is 4.98 Å². The van der Waals surface area contributed by atoms with Crippen LogP contribution in [-0.4, -0.2) is 32.1 Å². The molecular formula is C15H15NO4. The van der Waals surface area contributed by atoms with E-state index in [9.17, 15) is 4.79 Å². The summed E-state index contributed by atoms with van der Waals surface area (Å²) < 4.78 is 15.5. The molecule has 2 rings (SSSR count). The highest BCUT2D eigenvalue weighted by molar-refractivity contribution is 6.12. The fraction of sp³-hybridized carbons (Fsp3) is 0.200. The van der Waals surface area contributed by atoms with E-state index in [1.165, 1.54) is 20.4 Å². The van der Waals surface area contributed by atoms with Crippen LogP contribution in [0.1, 0.15) is 15.9 Å². The predicted octanol–water partition coefficient (Wildman–Crippen LogP) is 2.34. The molecule has 20 heavy (non-hydrogen) atoms. The summed E-state index contributed by atoms with van der Waals surface area (Å²) in [5.41, 5.74) is 0.878. The van der Waals surface area contributed by atoms with Crippen LogP contribution in [0.2, 0.25) is 0 Å².